The van der Waals surface area contributed by atoms with Crippen molar-refractivity contribution in [3.05, 3.63) is 16.6 Å². The lowest BCUT2D eigenvalue weighted by Crippen LogP contribution is -2.34. The van der Waals surface area contributed by atoms with Crippen molar-refractivity contribution in [2.45, 2.75) is 31.2 Å². The van der Waals surface area contributed by atoms with Crippen LogP contribution in [0.2, 0.25) is 0 Å². The second-order valence-electron chi connectivity index (χ2n) is 5.29. The maximum Gasteiger partial charge on any atom is 0.247 e. The number of rotatable bonds is 3. The number of benzene rings is 1. The van der Waals surface area contributed by atoms with E-state index in [-0.39, 0.29) is 10.9 Å². The lowest BCUT2D eigenvalue weighted by Gasteiger charge is -2.22. The van der Waals surface area contributed by atoms with Gasteiger partial charge in [-0.3, -0.25) is 0 Å². The highest BCUT2D eigenvalue weighted by Gasteiger charge is 2.37. The Morgan fingerprint density at radius 1 is 1.40 bits per heavy atom. The number of sulfonamides is 1. The molecule has 1 aliphatic rings. The SMILES string of the molecule is COc1cc(Br)c(N)cc1S(=O)(=O)N1CC(C)CC1C. The smallest absolute Gasteiger partial charge is 0.247 e. The van der Waals surface area contributed by atoms with Crippen molar-refractivity contribution in [3.8, 4) is 5.75 Å². The molecule has 0 spiro atoms. The van der Waals surface area contributed by atoms with Crippen LogP contribution in [0, 0.1) is 5.92 Å². The first-order chi connectivity index (χ1) is 9.27. The minimum atomic E-state index is -3.60. The molecule has 0 aromatic heterocycles. The van der Waals surface area contributed by atoms with E-state index in [0.717, 1.165) is 6.42 Å². The zero-order chi connectivity index (χ0) is 15.1. The van der Waals surface area contributed by atoms with Gasteiger partial charge in [0.2, 0.25) is 10.0 Å². The molecule has 0 amide bonds. The summed E-state index contributed by atoms with van der Waals surface area (Å²) in [6.45, 7) is 4.51. The van der Waals surface area contributed by atoms with Gasteiger partial charge in [0.1, 0.15) is 10.6 Å². The lowest BCUT2D eigenvalue weighted by molar-refractivity contribution is 0.385. The summed E-state index contributed by atoms with van der Waals surface area (Å²) in [5.74, 6) is 0.663. The van der Waals surface area contributed by atoms with Crippen LogP contribution >= 0.6 is 15.9 Å². The molecule has 0 bridgehead atoms. The van der Waals surface area contributed by atoms with E-state index in [1.54, 1.807) is 6.07 Å². The highest BCUT2D eigenvalue weighted by molar-refractivity contribution is 9.10. The molecule has 1 saturated heterocycles. The summed E-state index contributed by atoms with van der Waals surface area (Å²) in [7, 11) is -2.14. The molecule has 1 fully saturated rings. The largest absolute Gasteiger partial charge is 0.495 e. The number of ether oxygens (including phenoxy) is 1. The quantitative estimate of drug-likeness (QED) is 0.838. The Kier molecular flexibility index (Phi) is 4.32. The van der Waals surface area contributed by atoms with E-state index in [4.69, 9.17) is 10.5 Å². The van der Waals surface area contributed by atoms with E-state index in [0.29, 0.717) is 28.4 Å². The molecule has 0 aliphatic carbocycles. The number of nitrogens with two attached hydrogens (primary N) is 1. The van der Waals surface area contributed by atoms with Crippen LogP contribution in [0.4, 0.5) is 5.69 Å². The van der Waals surface area contributed by atoms with Crippen LogP contribution in [0.5, 0.6) is 5.75 Å². The van der Waals surface area contributed by atoms with Crippen molar-refractivity contribution in [2.75, 3.05) is 19.4 Å². The Hall–Kier alpha value is -0.790. The van der Waals surface area contributed by atoms with Gasteiger partial charge in [0.25, 0.3) is 0 Å². The predicted molar refractivity (Wildman–Crippen MR) is 82.2 cm³/mol. The maximum atomic E-state index is 12.8. The number of nitrogen functional groups attached to an aromatic ring is 1. The Bertz CT molecular complexity index is 618. The summed E-state index contributed by atoms with van der Waals surface area (Å²) in [4.78, 5) is 0.127. The fourth-order valence-electron chi connectivity index (χ4n) is 2.63. The van der Waals surface area contributed by atoms with Gasteiger partial charge in [0.05, 0.1) is 7.11 Å². The number of hydrogen-bond donors (Lipinski definition) is 1. The number of methoxy groups -OCH3 is 1. The Morgan fingerprint density at radius 3 is 2.55 bits per heavy atom. The molecule has 0 radical (unpaired) electrons. The molecule has 5 nitrogen and oxygen atoms in total. The van der Waals surface area contributed by atoms with Crippen LogP contribution in [-0.2, 0) is 10.0 Å². The van der Waals surface area contributed by atoms with Crippen molar-refractivity contribution < 1.29 is 13.2 Å². The van der Waals surface area contributed by atoms with Gasteiger partial charge in [0, 0.05) is 22.7 Å². The molecular formula is C13H19BrN2O3S. The molecule has 2 N–H and O–H groups in total. The summed E-state index contributed by atoms with van der Waals surface area (Å²) in [5, 5.41) is 0. The van der Waals surface area contributed by atoms with E-state index >= 15 is 0 Å². The summed E-state index contributed by atoms with van der Waals surface area (Å²) < 4.78 is 33.0. The van der Waals surface area contributed by atoms with Crippen molar-refractivity contribution in [2.24, 2.45) is 5.92 Å². The third-order valence-corrected chi connectivity index (χ3v) is 6.28. The Labute approximate surface area is 128 Å². The lowest BCUT2D eigenvalue weighted by atomic mass is 10.1. The van der Waals surface area contributed by atoms with Crippen LogP contribution < -0.4 is 10.5 Å². The molecule has 0 saturated carbocycles. The van der Waals surface area contributed by atoms with Gasteiger partial charge in [-0.2, -0.15) is 4.31 Å². The van der Waals surface area contributed by atoms with Crippen LogP contribution in [0.25, 0.3) is 0 Å². The van der Waals surface area contributed by atoms with Crippen LogP contribution in [-0.4, -0.2) is 32.4 Å². The van der Waals surface area contributed by atoms with Gasteiger partial charge in [0.15, 0.2) is 0 Å². The van der Waals surface area contributed by atoms with Gasteiger partial charge < -0.3 is 10.5 Å². The zero-order valence-electron chi connectivity index (χ0n) is 11.8. The van der Waals surface area contributed by atoms with Gasteiger partial charge in [-0.15, -0.1) is 0 Å². The Morgan fingerprint density at radius 2 is 2.05 bits per heavy atom. The zero-order valence-corrected chi connectivity index (χ0v) is 14.2. The fraction of sp³-hybridized carbons (Fsp3) is 0.538. The number of nitrogens with zero attached hydrogens (tertiary/aromatic N) is 1. The summed E-state index contributed by atoms with van der Waals surface area (Å²) in [5.41, 5.74) is 6.20. The normalized spacial score (nSPS) is 24.0. The molecule has 20 heavy (non-hydrogen) atoms. The first kappa shape index (κ1) is 15.6. The van der Waals surface area contributed by atoms with Gasteiger partial charge in [-0.05, 0) is 47.3 Å². The number of hydrogen-bond acceptors (Lipinski definition) is 4. The number of halogens is 1. The van der Waals surface area contributed by atoms with E-state index in [1.807, 2.05) is 6.92 Å². The third kappa shape index (κ3) is 2.66. The van der Waals surface area contributed by atoms with Crippen LogP contribution in [0.15, 0.2) is 21.5 Å². The van der Waals surface area contributed by atoms with E-state index in [1.165, 1.54) is 17.5 Å². The van der Waals surface area contributed by atoms with Crippen molar-refractivity contribution in [3.63, 3.8) is 0 Å². The molecular weight excluding hydrogens is 344 g/mol. The highest BCUT2D eigenvalue weighted by atomic mass is 79.9. The minimum Gasteiger partial charge on any atom is -0.495 e. The average molecular weight is 363 g/mol. The molecule has 1 aliphatic heterocycles. The molecule has 112 valence electrons. The summed E-state index contributed by atoms with van der Waals surface area (Å²) >= 11 is 3.28. The van der Waals surface area contributed by atoms with E-state index in [2.05, 4.69) is 22.9 Å². The molecule has 2 unspecified atom stereocenters. The van der Waals surface area contributed by atoms with Gasteiger partial charge >= 0.3 is 0 Å². The maximum absolute atomic E-state index is 12.8. The highest BCUT2D eigenvalue weighted by Crippen LogP contribution is 2.37. The van der Waals surface area contributed by atoms with E-state index in [9.17, 15) is 8.42 Å². The van der Waals surface area contributed by atoms with Crippen LogP contribution in [0.3, 0.4) is 0 Å². The molecule has 1 aromatic rings. The van der Waals surface area contributed by atoms with Gasteiger partial charge in [-0.1, -0.05) is 6.92 Å². The third-order valence-electron chi connectivity index (χ3n) is 3.60. The summed E-state index contributed by atoms with van der Waals surface area (Å²) in [6.07, 6.45) is 0.869. The number of anilines is 1. The summed E-state index contributed by atoms with van der Waals surface area (Å²) in [6, 6.07) is 3.03. The molecule has 2 rings (SSSR count). The van der Waals surface area contributed by atoms with Gasteiger partial charge in [-0.25, -0.2) is 8.42 Å². The van der Waals surface area contributed by atoms with Crippen molar-refractivity contribution >= 4 is 31.6 Å². The average Bonchev–Trinajstić information content (AvgIpc) is 2.71. The topological polar surface area (TPSA) is 72.6 Å². The standard InChI is InChI=1S/C13H19BrN2O3S/c1-8-4-9(2)16(7-8)20(17,18)13-6-11(15)10(14)5-12(13)19-3/h5-6,8-9H,4,7,15H2,1-3H3. The van der Waals surface area contributed by atoms with Crippen molar-refractivity contribution in [1.29, 1.82) is 0 Å². The molecule has 2 atom stereocenters. The molecule has 1 heterocycles. The second-order valence-corrected chi connectivity index (χ2v) is 8.00. The van der Waals surface area contributed by atoms with Crippen molar-refractivity contribution in [1.82, 2.24) is 4.31 Å². The molecule has 1 aromatic carbocycles. The fourth-order valence-corrected chi connectivity index (χ4v) is 4.89. The monoisotopic (exact) mass is 362 g/mol. The Balaban J connectivity index is 2.52. The van der Waals surface area contributed by atoms with Crippen LogP contribution in [0.1, 0.15) is 20.3 Å². The second kappa shape index (κ2) is 5.54. The first-order valence-electron chi connectivity index (χ1n) is 6.42. The molecule has 7 heteroatoms. The van der Waals surface area contributed by atoms with E-state index < -0.39 is 10.0 Å². The predicted octanol–water partition coefficient (Wildman–Crippen LogP) is 2.46. The minimum absolute atomic E-state index is 0.00965. The first-order valence-corrected chi connectivity index (χ1v) is 8.65.